The van der Waals surface area contributed by atoms with Gasteiger partial charge in [-0.25, -0.2) is 0 Å². The van der Waals surface area contributed by atoms with E-state index < -0.39 is 12.1 Å². The summed E-state index contributed by atoms with van der Waals surface area (Å²) in [7, 11) is 9.03. The first-order valence-electron chi connectivity index (χ1n) is 15.3. The summed E-state index contributed by atoms with van der Waals surface area (Å²) in [6.45, 7) is 1.52. The number of rotatable bonds is 13. The zero-order valence-electron chi connectivity index (χ0n) is 27.0. The highest BCUT2D eigenvalue weighted by Gasteiger charge is 2.36. The smallest absolute Gasteiger partial charge is 0.254 e. The van der Waals surface area contributed by atoms with E-state index in [1.807, 2.05) is 91.8 Å². The zero-order chi connectivity index (χ0) is 32.5. The van der Waals surface area contributed by atoms with Crippen LogP contribution in [0.1, 0.15) is 27.0 Å². The number of fused-ring (bicyclic) bond motifs is 1. The second-order valence-corrected chi connectivity index (χ2v) is 11.9. The van der Waals surface area contributed by atoms with E-state index in [4.69, 9.17) is 5.73 Å². The van der Waals surface area contributed by atoms with Gasteiger partial charge in [0.25, 0.3) is 5.91 Å². The summed E-state index contributed by atoms with van der Waals surface area (Å²) in [6.07, 6.45) is 0.642. The van der Waals surface area contributed by atoms with Crippen LogP contribution in [0.25, 0.3) is 10.8 Å². The topological polar surface area (TPSA) is 90.2 Å². The molecule has 8 nitrogen and oxygen atoms in total. The molecule has 4 rings (SSSR count). The van der Waals surface area contributed by atoms with Crippen LogP contribution >= 0.6 is 0 Å². The van der Waals surface area contributed by atoms with Crippen LogP contribution in [0.15, 0.2) is 97.1 Å². The molecule has 45 heavy (non-hydrogen) atoms. The predicted molar refractivity (Wildman–Crippen MR) is 181 cm³/mol. The molecular weight excluding hydrogens is 562 g/mol. The van der Waals surface area contributed by atoms with Crippen molar-refractivity contribution in [3.8, 4) is 0 Å². The predicted octanol–water partition coefficient (Wildman–Crippen LogP) is 4.07. The van der Waals surface area contributed by atoms with Crippen molar-refractivity contribution in [1.29, 1.82) is 0 Å². The fraction of sp³-hybridized carbons (Fsp3) is 0.324. The van der Waals surface area contributed by atoms with E-state index in [1.54, 1.807) is 44.2 Å². The highest BCUT2D eigenvalue weighted by atomic mass is 16.2. The molecule has 0 aliphatic carbocycles. The van der Waals surface area contributed by atoms with E-state index in [1.165, 1.54) is 9.80 Å². The third-order valence-electron chi connectivity index (χ3n) is 8.36. The average molecular weight is 608 g/mol. The maximum atomic E-state index is 14.6. The van der Waals surface area contributed by atoms with Crippen molar-refractivity contribution < 1.29 is 14.4 Å². The van der Waals surface area contributed by atoms with Crippen LogP contribution in [-0.2, 0) is 29.0 Å². The van der Waals surface area contributed by atoms with Gasteiger partial charge in [0.05, 0.1) is 0 Å². The lowest BCUT2D eigenvalue weighted by Crippen LogP contribution is -2.56. The van der Waals surface area contributed by atoms with Gasteiger partial charge in [0, 0.05) is 59.2 Å². The lowest BCUT2D eigenvalue weighted by atomic mass is 9.97. The molecule has 0 heterocycles. The average Bonchev–Trinajstić information content (AvgIpc) is 3.07. The Hall–Kier alpha value is -4.53. The first kappa shape index (κ1) is 33.4. The van der Waals surface area contributed by atoms with E-state index in [-0.39, 0.29) is 24.1 Å². The Labute approximate surface area is 267 Å². The number of nitrogens with zero attached hydrogens (tertiary/aromatic N) is 4. The molecule has 8 heteroatoms. The van der Waals surface area contributed by atoms with Crippen LogP contribution in [-0.4, -0.2) is 97.7 Å². The molecule has 4 aromatic carbocycles. The summed E-state index contributed by atoms with van der Waals surface area (Å²) in [6, 6.07) is 29.4. The van der Waals surface area contributed by atoms with Crippen molar-refractivity contribution in [2.24, 2.45) is 5.73 Å². The number of hydrogen-bond acceptors (Lipinski definition) is 5. The molecule has 2 atom stereocenters. The van der Waals surface area contributed by atoms with Gasteiger partial charge in [-0.3, -0.25) is 14.4 Å². The van der Waals surface area contributed by atoms with E-state index in [0.717, 1.165) is 27.5 Å². The minimum atomic E-state index is -0.858. The summed E-state index contributed by atoms with van der Waals surface area (Å²) in [5.74, 6) is -0.734. The molecule has 0 fully saturated rings. The number of benzene rings is 4. The van der Waals surface area contributed by atoms with Crippen molar-refractivity contribution in [1.82, 2.24) is 19.6 Å². The molecule has 0 spiro atoms. The van der Waals surface area contributed by atoms with Gasteiger partial charge < -0.3 is 25.3 Å². The van der Waals surface area contributed by atoms with E-state index in [9.17, 15) is 14.4 Å². The largest absolute Gasteiger partial charge is 0.343 e. The van der Waals surface area contributed by atoms with Crippen LogP contribution in [0.2, 0.25) is 0 Å². The molecule has 0 radical (unpaired) electrons. The van der Waals surface area contributed by atoms with Gasteiger partial charge in [0.1, 0.15) is 12.1 Å². The molecule has 0 bridgehead atoms. The van der Waals surface area contributed by atoms with E-state index in [2.05, 4.69) is 6.07 Å². The Morgan fingerprint density at radius 2 is 1.22 bits per heavy atom. The molecule has 0 aliphatic heterocycles. The van der Waals surface area contributed by atoms with Gasteiger partial charge in [-0.15, -0.1) is 0 Å². The first-order chi connectivity index (χ1) is 21.6. The van der Waals surface area contributed by atoms with Crippen LogP contribution < -0.4 is 5.73 Å². The number of carbonyl (C=O) groups is 3. The number of hydrogen-bond donors (Lipinski definition) is 1. The molecular formula is C37H45N5O3. The Morgan fingerprint density at radius 1 is 0.600 bits per heavy atom. The molecule has 236 valence electrons. The van der Waals surface area contributed by atoms with Crippen LogP contribution in [0.5, 0.6) is 0 Å². The quantitative estimate of drug-likeness (QED) is 0.248. The fourth-order valence-corrected chi connectivity index (χ4v) is 5.49. The van der Waals surface area contributed by atoms with Crippen LogP contribution in [0, 0.1) is 0 Å². The standard InChI is InChI=1S/C37H45N5O3/c1-39(2)20-21-40(3)36(44)33(24-27-12-7-6-8-13-27)42(5)37(45)34(25-28-18-19-30-15-9-10-16-31(30)22-28)41(4)35(43)32-17-11-14-29(23-32)26-38/h6-19,22-23,33-34H,20-21,24-26,38H2,1-5H3/t33-,34-/m1/s1. The third-order valence-corrected chi connectivity index (χ3v) is 8.36. The lowest BCUT2D eigenvalue weighted by molar-refractivity contribution is -0.146. The van der Waals surface area contributed by atoms with Crippen molar-refractivity contribution in [2.45, 2.75) is 31.5 Å². The van der Waals surface area contributed by atoms with Crippen molar-refractivity contribution in [3.05, 3.63) is 119 Å². The summed E-state index contributed by atoms with van der Waals surface area (Å²) >= 11 is 0. The summed E-state index contributed by atoms with van der Waals surface area (Å²) in [4.78, 5) is 49.1. The minimum Gasteiger partial charge on any atom is -0.343 e. The third kappa shape index (κ3) is 8.56. The first-order valence-corrected chi connectivity index (χ1v) is 15.3. The van der Waals surface area contributed by atoms with Gasteiger partial charge in [0.2, 0.25) is 11.8 Å². The van der Waals surface area contributed by atoms with Crippen molar-refractivity contribution in [3.63, 3.8) is 0 Å². The maximum absolute atomic E-state index is 14.6. The highest BCUT2D eigenvalue weighted by Crippen LogP contribution is 2.21. The number of nitrogens with two attached hydrogens (primary N) is 1. The van der Waals surface area contributed by atoms with Crippen molar-refractivity contribution >= 4 is 28.5 Å². The van der Waals surface area contributed by atoms with Crippen LogP contribution in [0.3, 0.4) is 0 Å². The molecule has 0 unspecified atom stereocenters. The highest BCUT2D eigenvalue weighted by molar-refractivity contribution is 5.98. The van der Waals surface area contributed by atoms with Gasteiger partial charge >= 0.3 is 0 Å². The molecule has 0 aromatic heterocycles. The molecule has 0 aliphatic rings. The minimum absolute atomic E-state index is 0.148. The zero-order valence-corrected chi connectivity index (χ0v) is 27.0. The summed E-state index contributed by atoms with van der Waals surface area (Å²) in [5, 5.41) is 2.15. The monoisotopic (exact) mass is 607 g/mol. The number of carbonyl (C=O) groups excluding carboxylic acids is 3. The number of likely N-dealkylation sites (N-methyl/N-ethyl adjacent to an activating group) is 4. The normalized spacial score (nSPS) is 12.5. The van der Waals surface area contributed by atoms with Gasteiger partial charge in [-0.1, -0.05) is 84.9 Å². The lowest BCUT2D eigenvalue weighted by Gasteiger charge is -2.36. The Balaban J connectivity index is 1.70. The molecule has 3 amide bonds. The van der Waals surface area contributed by atoms with E-state index in [0.29, 0.717) is 31.6 Å². The second kappa shape index (κ2) is 15.5. The fourth-order valence-electron chi connectivity index (χ4n) is 5.49. The summed E-state index contributed by atoms with van der Waals surface area (Å²) in [5.41, 5.74) is 9.01. The van der Waals surface area contributed by atoms with Gasteiger partial charge in [-0.2, -0.15) is 0 Å². The Kier molecular flexibility index (Phi) is 11.5. The maximum Gasteiger partial charge on any atom is 0.254 e. The molecule has 2 N–H and O–H groups in total. The van der Waals surface area contributed by atoms with E-state index >= 15 is 0 Å². The Morgan fingerprint density at radius 3 is 1.91 bits per heavy atom. The van der Waals surface area contributed by atoms with Gasteiger partial charge in [-0.05, 0) is 53.7 Å². The van der Waals surface area contributed by atoms with Crippen LogP contribution in [0.4, 0.5) is 0 Å². The Bertz CT molecular complexity index is 1610. The number of amides is 3. The SMILES string of the molecule is CN(C)CCN(C)C(=O)[C@@H](Cc1ccccc1)N(C)C(=O)[C@@H](Cc1ccc2ccccc2c1)N(C)C(=O)c1cccc(CN)c1. The summed E-state index contributed by atoms with van der Waals surface area (Å²) < 4.78 is 0. The second-order valence-electron chi connectivity index (χ2n) is 11.9. The van der Waals surface area contributed by atoms with Gasteiger partial charge in [0.15, 0.2) is 0 Å². The molecule has 4 aromatic rings. The van der Waals surface area contributed by atoms with Crippen molar-refractivity contribution in [2.75, 3.05) is 48.3 Å². The molecule has 0 saturated carbocycles. The molecule has 0 saturated heterocycles.